The molecule has 0 saturated carbocycles. The molecular weight excluding hydrogens is 274 g/mol. The molecule has 0 aromatic heterocycles. The number of aliphatic hydroxyl groups excluding tert-OH is 1. The number of Topliss-reactive ketones (excluding diaryl/α,β-unsaturated/α-hetero) is 2. The maximum absolute atomic E-state index is 11.7. The van der Waals surface area contributed by atoms with Gasteiger partial charge in [0, 0.05) is 12.1 Å². The predicted octanol–water partition coefficient (Wildman–Crippen LogP) is 2.37. The number of nitro benzene ring substituents is 1. The molecule has 0 fully saturated rings. The molecule has 21 heavy (non-hydrogen) atoms. The molecule has 0 aliphatic carbocycles. The van der Waals surface area contributed by atoms with Crippen molar-refractivity contribution < 1.29 is 19.6 Å². The molecule has 0 spiro atoms. The van der Waals surface area contributed by atoms with Gasteiger partial charge in [-0.25, -0.2) is 0 Å². The summed E-state index contributed by atoms with van der Waals surface area (Å²) in [6, 6.07) is 5.32. The Morgan fingerprint density at radius 1 is 1.29 bits per heavy atom. The van der Waals surface area contributed by atoms with Crippen LogP contribution in [0.4, 0.5) is 5.69 Å². The maximum Gasteiger partial charge on any atom is 0.269 e. The Hall–Kier alpha value is -2.34. The van der Waals surface area contributed by atoms with Crippen molar-refractivity contribution in [2.24, 2.45) is 5.92 Å². The molecule has 2 atom stereocenters. The van der Waals surface area contributed by atoms with Crippen LogP contribution in [-0.4, -0.2) is 21.6 Å². The van der Waals surface area contributed by atoms with Gasteiger partial charge < -0.3 is 5.11 Å². The summed E-state index contributed by atoms with van der Waals surface area (Å²) in [6.45, 7) is 6.26. The maximum atomic E-state index is 11.7. The number of hydrogen-bond donors (Lipinski definition) is 1. The van der Waals surface area contributed by atoms with Gasteiger partial charge in [0.15, 0.2) is 5.78 Å². The highest BCUT2D eigenvalue weighted by Crippen LogP contribution is 2.29. The van der Waals surface area contributed by atoms with Gasteiger partial charge in [0.1, 0.15) is 5.78 Å². The number of rotatable bonds is 7. The standard InChI is InChI=1S/C15H17NO5/c1-9(10(2)17)8-14(11(3)18)15(19)12-4-6-13(7-5-12)16(20)21/h4-7,14-15,19H,1,8H2,2-3H3. The number of benzene rings is 1. The zero-order valence-corrected chi connectivity index (χ0v) is 11.9. The summed E-state index contributed by atoms with van der Waals surface area (Å²) in [7, 11) is 0. The predicted molar refractivity (Wildman–Crippen MR) is 76.7 cm³/mol. The highest BCUT2D eigenvalue weighted by Gasteiger charge is 2.27. The minimum absolute atomic E-state index is 0.0584. The zero-order chi connectivity index (χ0) is 16.2. The summed E-state index contributed by atoms with van der Waals surface area (Å²) in [6.07, 6.45) is -1.08. The highest BCUT2D eigenvalue weighted by atomic mass is 16.6. The lowest BCUT2D eigenvalue weighted by molar-refractivity contribution is -0.384. The third-order valence-corrected chi connectivity index (χ3v) is 3.31. The second kappa shape index (κ2) is 6.90. The second-order valence-electron chi connectivity index (χ2n) is 4.87. The minimum atomic E-state index is -1.14. The molecule has 0 bridgehead atoms. The number of allylic oxidation sites excluding steroid dienone is 1. The quantitative estimate of drug-likeness (QED) is 0.472. The summed E-state index contributed by atoms with van der Waals surface area (Å²) in [5.41, 5.74) is 0.548. The van der Waals surface area contributed by atoms with Gasteiger partial charge in [-0.05, 0) is 43.5 Å². The summed E-state index contributed by atoms with van der Waals surface area (Å²) in [5.74, 6) is -1.32. The lowest BCUT2D eigenvalue weighted by Crippen LogP contribution is -2.22. The van der Waals surface area contributed by atoms with Crippen LogP contribution in [0, 0.1) is 16.0 Å². The van der Waals surface area contributed by atoms with Crippen LogP contribution in [0.15, 0.2) is 36.4 Å². The number of nitro groups is 1. The van der Waals surface area contributed by atoms with Gasteiger partial charge >= 0.3 is 0 Å². The van der Waals surface area contributed by atoms with Crippen molar-refractivity contribution in [3.63, 3.8) is 0 Å². The molecule has 1 rings (SSSR count). The van der Waals surface area contributed by atoms with E-state index in [1.807, 2.05) is 0 Å². The van der Waals surface area contributed by atoms with E-state index in [0.717, 1.165) is 0 Å². The van der Waals surface area contributed by atoms with E-state index < -0.39 is 16.9 Å². The number of nitrogens with zero attached hydrogens (tertiary/aromatic N) is 1. The van der Waals surface area contributed by atoms with E-state index in [1.54, 1.807) is 0 Å². The normalized spacial score (nSPS) is 13.3. The van der Waals surface area contributed by atoms with Gasteiger partial charge in [-0.1, -0.05) is 6.58 Å². The minimum Gasteiger partial charge on any atom is -0.388 e. The summed E-state index contributed by atoms with van der Waals surface area (Å²) in [4.78, 5) is 32.9. The topological polar surface area (TPSA) is 97.5 Å². The Labute approximate surface area is 122 Å². The monoisotopic (exact) mass is 291 g/mol. The van der Waals surface area contributed by atoms with Crippen LogP contribution in [0.1, 0.15) is 31.9 Å². The molecule has 0 aliphatic heterocycles. The van der Waals surface area contributed by atoms with Gasteiger partial charge in [0.2, 0.25) is 0 Å². The fraction of sp³-hybridized carbons (Fsp3) is 0.333. The van der Waals surface area contributed by atoms with Crippen LogP contribution in [0.2, 0.25) is 0 Å². The number of carbonyl (C=O) groups excluding carboxylic acids is 2. The molecule has 0 radical (unpaired) electrons. The van der Waals surface area contributed by atoms with Crippen molar-refractivity contribution >= 4 is 17.3 Å². The van der Waals surface area contributed by atoms with Crippen molar-refractivity contribution in [1.29, 1.82) is 0 Å². The third-order valence-electron chi connectivity index (χ3n) is 3.31. The number of aliphatic hydroxyl groups is 1. The Morgan fingerprint density at radius 3 is 2.19 bits per heavy atom. The highest BCUT2D eigenvalue weighted by molar-refractivity contribution is 5.93. The Balaban J connectivity index is 2.97. The van der Waals surface area contributed by atoms with Crippen molar-refractivity contribution in [2.45, 2.75) is 26.4 Å². The fourth-order valence-electron chi connectivity index (χ4n) is 1.91. The molecule has 2 unspecified atom stereocenters. The molecule has 0 amide bonds. The molecule has 1 aromatic carbocycles. The average Bonchev–Trinajstić information content (AvgIpc) is 2.43. The molecule has 0 aliphatic rings. The SMILES string of the molecule is C=C(CC(C(C)=O)C(O)c1ccc([N+](=O)[O-])cc1)C(C)=O. The van der Waals surface area contributed by atoms with Crippen LogP contribution in [0.25, 0.3) is 0 Å². The first kappa shape index (κ1) is 16.7. The molecule has 112 valence electrons. The van der Waals surface area contributed by atoms with E-state index >= 15 is 0 Å². The molecule has 0 heterocycles. The lowest BCUT2D eigenvalue weighted by atomic mass is 9.86. The Bertz CT molecular complexity index is 576. The second-order valence-corrected chi connectivity index (χ2v) is 4.87. The molecular formula is C15H17NO5. The zero-order valence-electron chi connectivity index (χ0n) is 11.9. The van der Waals surface area contributed by atoms with Gasteiger partial charge in [0.05, 0.1) is 16.9 Å². The van der Waals surface area contributed by atoms with Crippen molar-refractivity contribution in [1.82, 2.24) is 0 Å². The smallest absolute Gasteiger partial charge is 0.269 e. The van der Waals surface area contributed by atoms with Crippen molar-refractivity contribution in [3.05, 3.63) is 52.1 Å². The third kappa shape index (κ3) is 4.32. The van der Waals surface area contributed by atoms with E-state index in [-0.39, 0.29) is 29.2 Å². The van der Waals surface area contributed by atoms with E-state index in [4.69, 9.17) is 0 Å². The molecule has 6 nitrogen and oxygen atoms in total. The number of ketones is 2. The fourth-order valence-corrected chi connectivity index (χ4v) is 1.91. The number of hydrogen-bond acceptors (Lipinski definition) is 5. The Kier molecular flexibility index (Phi) is 5.49. The van der Waals surface area contributed by atoms with Crippen LogP contribution in [-0.2, 0) is 9.59 Å². The van der Waals surface area contributed by atoms with Crippen LogP contribution in [0.5, 0.6) is 0 Å². The largest absolute Gasteiger partial charge is 0.388 e. The van der Waals surface area contributed by atoms with E-state index in [0.29, 0.717) is 5.56 Å². The molecule has 1 aromatic rings. The van der Waals surface area contributed by atoms with E-state index in [1.165, 1.54) is 38.1 Å². The van der Waals surface area contributed by atoms with E-state index in [9.17, 15) is 24.8 Å². The lowest BCUT2D eigenvalue weighted by Gasteiger charge is -2.21. The van der Waals surface area contributed by atoms with Gasteiger partial charge in [-0.15, -0.1) is 0 Å². The molecule has 1 N–H and O–H groups in total. The van der Waals surface area contributed by atoms with Crippen LogP contribution >= 0.6 is 0 Å². The van der Waals surface area contributed by atoms with Crippen LogP contribution in [0.3, 0.4) is 0 Å². The average molecular weight is 291 g/mol. The van der Waals surface area contributed by atoms with Crippen molar-refractivity contribution in [2.75, 3.05) is 0 Å². The Morgan fingerprint density at radius 2 is 1.81 bits per heavy atom. The summed E-state index contributed by atoms with van der Waals surface area (Å²) < 4.78 is 0. The first-order chi connectivity index (χ1) is 9.73. The van der Waals surface area contributed by atoms with Gasteiger partial charge in [0.25, 0.3) is 5.69 Å². The summed E-state index contributed by atoms with van der Waals surface area (Å²) in [5, 5.41) is 20.9. The van der Waals surface area contributed by atoms with E-state index in [2.05, 4.69) is 6.58 Å². The van der Waals surface area contributed by atoms with Gasteiger partial charge in [-0.3, -0.25) is 19.7 Å². The first-order valence-electron chi connectivity index (χ1n) is 6.35. The number of carbonyl (C=O) groups is 2. The summed E-state index contributed by atoms with van der Waals surface area (Å²) >= 11 is 0. The molecule has 0 saturated heterocycles. The number of non-ortho nitro benzene ring substituents is 1. The molecule has 6 heteroatoms. The van der Waals surface area contributed by atoms with Crippen molar-refractivity contribution in [3.8, 4) is 0 Å². The first-order valence-corrected chi connectivity index (χ1v) is 6.35. The van der Waals surface area contributed by atoms with Gasteiger partial charge in [-0.2, -0.15) is 0 Å². The van der Waals surface area contributed by atoms with Crippen LogP contribution < -0.4 is 0 Å².